The molecule has 0 aliphatic heterocycles. The molecular weight excluding hydrogens is 228 g/mol. The number of ether oxygens (including phenoxy) is 1. The molecule has 18 heavy (non-hydrogen) atoms. The van der Waals surface area contributed by atoms with Gasteiger partial charge in [-0.25, -0.2) is 0 Å². The second kappa shape index (κ2) is 12.6. The molecule has 0 fully saturated rings. The first kappa shape index (κ1) is 17.1. The van der Waals surface area contributed by atoms with Gasteiger partial charge in [0.05, 0.1) is 13.0 Å². The molecule has 0 aromatic heterocycles. The van der Waals surface area contributed by atoms with Gasteiger partial charge in [0.2, 0.25) is 0 Å². The molecule has 0 saturated heterocycles. The highest BCUT2D eigenvalue weighted by molar-refractivity contribution is 5.82. The molecule has 0 bridgehead atoms. The molecule has 0 spiro atoms. The maximum Gasteiger partial charge on any atom is 0.306 e. The van der Waals surface area contributed by atoms with Crippen LogP contribution in [-0.2, 0) is 14.3 Å². The summed E-state index contributed by atoms with van der Waals surface area (Å²) in [6.07, 6.45) is 8.78. The van der Waals surface area contributed by atoms with Crippen LogP contribution in [0.5, 0.6) is 0 Å². The van der Waals surface area contributed by atoms with E-state index in [0.717, 1.165) is 32.1 Å². The maximum absolute atomic E-state index is 11.5. The SMILES string of the molecule is CCCCCCC(=O)CCC(=O)OCCCCC. The van der Waals surface area contributed by atoms with Crippen molar-refractivity contribution in [3.63, 3.8) is 0 Å². The van der Waals surface area contributed by atoms with Crippen molar-refractivity contribution < 1.29 is 14.3 Å². The zero-order valence-corrected chi connectivity index (χ0v) is 12.0. The quantitative estimate of drug-likeness (QED) is 0.391. The highest BCUT2D eigenvalue weighted by Gasteiger charge is 2.07. The molecule has 3 heteroatoms. The van der Waals surface area contributed by atoms with E-state index in [4.69, 9.17) is 4.74 Å². The lowest BCUT2D eigenvalue weighted by Crippen LogP contribution is -2.08. The van der Waals surface area contributed by atoms with Crippen LogP contribution >= 0.6 is 0 Å². The number of hydrogen-bond acceptors (Lipinski definition) is 3. The zero-order valence-electron chi connectivity index (χ0n) is 12.0. The number of hydrogen-bond donors (Lipinski definition) is 0. The van der Waals surface area contributed by atoms with E-state index in [1.54, 1.807) is 0 Å². The Morgan fingerprint density at radius 3 is 2.11 bits per heavy atom. The summed E-state index contributed by atoms with van der Waals surface area (Å²) < 4.78 is 5.05. The van der Waals surface area contributed by atoms with Gasteiger partial charge in [-0.15, -0.1) is 0 Å². The van der Waals surface area contributed by atoms with E-state index in [0.29, 0.717) is 19.4 Å². The standard InChI is InChI=1S/C15H28O3/c1-3-5-7-8-10-14(16)11-12-15(17)18-13-9-6-4-2/h3-13H2,1-2H3. The molecule has 106 valence electrons. The third-order valence-electron chi connectivity index (χ3n) is 2.93. The van der Waals surface area contributed by atoms with Crippen molar-refractivity contribution >= 4 is 11.8 Å². The molecule has 3 nitrogen and oxygen atoms in total. The van der Waals surface area contributed by atoms with Crippen molar-refractivity contribution in [1.82, 2.24) is 0 Å². The number of esters is 1. The van der Waals surface area contributed by atoms with E-state index in [2.05, 4.69) is 13.8 Å². The zero-order chi connectivity index (χ0) is 13.6. The first-order valence-corrected chi connectivity index (χ1v) is 7.38. The molecule has 0 rings (SSSR count). The maximum atomic E-state index is 11.5. The minimum absolute atomic E-state index is 0.191. The fraction of sp³-hybridized carbons (Fsp3) is 0.867. The first-order chi connectivity index (χ1) is 8.70. The molecule has 0 atom stereocenters. The minimum atomic E-state index is -0.229. The Labute approximate surface area is 111 Å². The van der Waals surface area contributed by atoms with Crippen LogP contribution in [0.4, 0.5) is 0 Å². The molecule has 0 aliphatic carbocycles. The molecular formula is C15H28O3. The lowest BCUT2D eigenvalue weighted by atomic mass is 10.1. The second-order valence-corrected chi connectivity index (χ2v) is 4.78. The van der Waals surface area contributed by atoms with Gasteiger partial charge in [0.15, 0.2) is 0 Å². The second-order valence-electron chi connectivity index (χ2n) is 4.78. The highest BCUT2D eigenvalue weighted by atomic mass is 16.5. The van der Waals surface area contributed by atoms with E-state index in [-0.39, 0.29) is 18.2 Å². The first-order valence-electron chi connectivity index (χ1n) is 7.38. The summed E-state index contributed by atoms with van der Waals surface area (Å²) in [6.45, 7) is 4.76. The Balaban J connectivity index is 3.39. The number of carbonyl (C=O) groups is 2. The summed E-state index contributed by atoms with van der Waals surface area (Å²) in [6, 6.07) is 0. The van der Waals surface area contributed by atoms with E-state index >= 15 is 0 Å². The third-order valence-corrected chi connectivity index (χ3v) is 2.93. The Bertz CT molecular complexity index is 200. The monoisotopic (exact) mass is 256 g/mol. The fourth-order valence-electron chi connectivity index (χ4n) is 1.73. The van der Waals surface area contributed by atoms with Crippen molar-refractivity contribution in [1.29, 1.82) is 0 Å². The number of ketones is 1. The fourth-order valence-corrected chi connectivity index (χ4v) is 1.73. The Kier molecular flexibility index (Phi) is 12.0. The van der Waals surface area contributed by atoms with E-state index < -0.39 is 0 Å². The van der Waals surface area contributed by atoms with Crippen molar-refractivity contribution in [2.24, 2.45) is 0 Å². The molecule has 0 amide bonds. The average molecular weight is 256 g/mol. The number of unbranched alkanes of at least 4 members (excludes halogenated alkanes) is 5. The Morgan fingerprint density at radius 2 is 1.44 bits per heavy atom. The predicted octanol–water partition coefficient (Wildman–Crippen LogP) is 4.04. The van der Waals surface area contributed by atoms with Gasteiger partial charge in [-0.3, -0.25) is 9.59 Å². The van der Waals surface area contributed by atoms with Crippen LogP contribution in [0.25, 0.3) is 0 Å². The van der Waals surface area contributed by atoms with Crippen LogP contribution in [0.3, 0.4) is 0 Å². The number of rotatable bonds is 12. The van der Waals surface area contributed by atoms with Crippen LogP contribution in [0.1, 0.15) is 78.1 Å². The average Bonchev–Trinajstić information content (AvgIpc) is 2.37. The molecule has 0 aromatic rings. The largest absolute Gasteiger partial charge is 0.466 e. The molecule has 0 unspecified atom stereocenters. The summed E-state index contributed by atoms with van der Waals surface area (Å²) in [5.41, 5.74) is 0. The van der Waals surface area contributed by atoms with Gasteiger partial charge in [0.1, 0.15) is 5.78 Å². The van der Waals surface area contributed by atoms with Crippen LogP contribution < -0.4 is 0 Å². The molecule has 0 aromatic carbocycles. The van der Waals surface area contributed by atoms with E-state index in [1.165, 1.54) is 12.8 Å². The van der Waals surface area contributed by atoms with Gasteiger partial charge < -0.3 is 4.74 Å². The van der Waals surface area contributed by atoms with Gasteiger partial charge in [-0.2, -0.15) is 0 Å². The minimum Gasteiger partial charge on any atom is -0.466 e. The van der Waals surface area contributed by atoms with Crippen LogP contribution in [-0.4, -0.2) is 18.4 Å². The van der Waals surface area contributed by atoms with Gasteiger partial charge in [-0.05, 0) is 12.8 Å². The summed E-state index contributed by atoms with van der Waals surface area (Å²) in [4.78, 5) is 22.8. The van der Waals surface area contributed by atoms with E-state index in [1.807, 2.05) is 0 Å². The smallest absolute Gasteiger partial charge is 0.306 e. The molecule has 0 heterocycles. The van der Waals surface area contributed by atoms with Crippen molar-refractivity contribution in [3.8, 4) is 0 Å². The predicted molar refractivity (Wildman–Crippen MR) is 73.5 cm³/mol. The summed E-state index contributed by atoms with van der Waals surface area (Å²) in [5.74, 6) is -0.0374. The van der Waals surface area contributed by atoms with Crippen molar-refractivity contribution in [2.75, 3.05) is 6.61 Å². The van der Waals surface area contributed by atoms with Crippen LogP contribution in [0.2, 0.25) is 0 Å². The molecule has 0 radical (unpaired) electrons. The lowest BCUT2D eigenvalue weighted by molar-refractivity contribution is -0.145. The number of Topliss-reactive ketones (excluding diaryl/α,β-unsaturated/α-hetero) is 1. The Morgan fingerprint density at radius 1 is 0.778 bits per heavy atom. The van der Waals surface area contributed by atoms with Gasteiger partial charge in [0.25, 0.3) is 0 Å². The molecule has 0 N–H and O–H groups in total. The van der Waals surface area contributed by atoms with Gasteiger partial charge in [-0.1, -0.05) is 46.0 Å². The summed E-state index contributed by atoms with van der Waals surface area (Å²) in [7, 11) is 0. The van der Waals surface area contributed by atoms with Crippen LogP contribution in [0, 0.1) is 0 Å². The van der Waals surface area contributed by atoms with Crippen LogP contribution in [0.15, 0.2) is 0 Å². The summed E-state index contributed by atoms with van der Waals surface area (Å²) >= 11 is 0. The summed E-state index contributed by atoms with van der Waals surface area (Å²) in [5, 5.41) is 0. The number of carbonyl (C=O) groups excluding carboxylic acids is 2. The highest BCUT2D eigenvalue weighted by Crippen LogP contribution is 2.06. The Hall–Kier alpha value is -0.860. The van der Waals surface area contributed by atoms with Crippen molar-refractivity contribution in [2.45, 2.75) is 78.1 Å². The normalized spacial score (nSPS) is 10.3. The molecule has 0 aliphatic rings. The molecule has 0 saturated carbocycles. The topological polar surface area (TPSA) is 43.4 Å². The van der Waals surface area contributed by atoms with Crippen molar-refractivity contribution in [3.05, 3.63) is 0 Å². The van der Waals surface area contributed by atoms with E-state index in [9.17, 15) is 9.59 Å². The van der Waals surface area contributed by atoms with Gasteiger partial charge >= 0.3 is 5.97 Å². The lowest BCUT2D eigenvalue weighted by Gasteiger charge is -2.04. The third kappa shape index (κ3) is 11.6. The van der Waals surface area contributed by atoms with Gasteiger partial charge in [0, 0.05) is 12.8 Å².